The van der Waals surface area contributed by atoms with Gasteiger partial charge in [0.2, 0.25) is 0 Å². The van der Waals surface area contributed by atoms with Crippen LogP contribution in [-0.4, -0.2) is 62.4 Å². The molecule has 4 bridgehead atoms. The summed E-state index contributed by atoms with van der Waals surface area (Å²) in [5, 5.41) is 0. The van der Waals surface area contributed by atoms with Crippen LogP contribution >= 0.6 is 0 Å². The minimum absolute atomic E-state index is 0.0521. The number of rotatable bonds is 15. The first kappa shape index (κ1) is 42.0. The molecule has 53 heavy (non-hydrogen) atoms. The van der Waals surface area contributed by atoms with Crippen LogP contribution in [0.5, 0.6) is 0 Å². The molecular weight excluding hydrogens is 676 g/mol. The van der Waals surface area contributed by atoms with E-state index in [1.807, 2.05) is 41.5 Å². The largest absolute Gasteiger partial charge is 0.462 e. The lowest BCUT2D eigenvalue weighted by Gasteiger charge is -2.31. The van der Waals surface area contributed by atoms with Crippen LogP contribution in [0.3, 0.4) is 0 Å². The monoisotopic (exact) mass is 746 g/mol. The number of carbonyl (C=O) groups is 4. The SMILES string of the molecule is CCC(C)(C)C(=O)OC1CC2CC(C(=O)OCOC3CCCCC3)C1C2.CCC(C)(C)C(=O)OC1CC2CC(C(=O)OCOCC3CCCCC3)C1C2. The van der Waals surface area contributed by atoms with Crippen LogP contribution in [0.4, 0.5) is 0 Å². The van der Waals surface area contributed by atoms with Gasteiger partial charge in [-0.05, 0) is 122 Å². The van der Waals surface area contributed by atoms with Gasteiger partial charge >= 0.3 is 23.9 Å². The van der Waals surface area contributed by atoms with Gasteiger partial charge in [0.15, 0.2) is 13.6 Å². The van der Waals surface area contributed by atoms with Crippen LogP contribution in [0.15, 0.2) is 0 Å². The van der Waals surface area contributed by atoms with E-state index >= 15 is 0 Å². The van der Waals surface area contributed by atoms with Crippen molar-refractivity contribution in [2.45, 2.75) is 175 Å². The van der Waals surface area contributed by atoms with Gasteiger partial charge in [-0.25, -0.2) is 0 Å². The number of esters is 4. The third kappa shape index (κ3) is 11.2. The standard InChI is InChI=1S/C22H36O5.C21H34O5/c1-4-22(2,3)21(24)27-19-12-16-10-17(19)18(11-16)20(23)26-14-25-13-15-8-6-5-7-9-15;1-4-21(2,3)20(23)26-18-12-14-10-16(18)17(11-14)19(22)25-13-24-15-8-6-5-7-9-15/h15-19H,4-14H2,1-3H3;14-18H,4-13H2,1-3H3. The van der Waals surface area contributed by atoms with Crippen molar-refractivity contribution in [1.29, 1.82) is 0 Å². The maximum atomic E-state index is 12.5. The van der Waals surface area contributed by atoms with Crippen molar-refractivity contribution in [2.75, 3.05) is 20.2 Å². The normalized spacial score (nSPS) is 31.4. The van der Waals surface area contributed by atoms with E-state index in [4.69, 9.17) is 28.4 Å². The molecule has 0 saturated heterocycles. The van der Waals surface area contributed by atoms with Crippen LogP contribution < -0.4 is 0 Å². The summed E-state index contributed by atoms with van der Waals surface area (Å²) >= 11 is 0. The van der Waals surface area contributed by atoms with Gasteiger partial charge in [0.1, 0.15) is 12.2 Å². The zero-order valence-corrected chi connectivity index (χ0v) is 33.7. The van der Waals surface area contributed by atoms with E-state index in [0.717, 1.165) is 64.2 Å². The minimum atomic E-state index is -0.467. The fourth-order valence-corrected chi connectivity index (χ4v) is 9.57. The van der Waals surface area contributed by atoms with Crippen LogP contribution in [0.25, 0.3) is 0 Å². The van der Waals surface area contributed by atoms with Gasteiger partial charge in [-0.3, -0.25) is 19.2 Å². The Bertz CT molecular complexity index is 1220. The molecule has 10 heteroatoms. The summed E-state index contributed by atoms with van der Waals surface area (Å²) in [4.78, 5) is 49.8. The summed E-state index contributed by atoms with van der Waals surface area (Å²) in [7, 11) is 0. The number of hydrogen-bond donors (Lipinski definition) is 0. The molecule has 302 valence electrons. The molecule has 0 amide bonds. The molecule has 0 aromatic heterocycles. The molecule has 8 atom stereocenters. The minimum Gasteiger partial charge on any atom is -0.462 e. The molecule has 0 aromatic rings. The van der Waals surface area contributed by atoms with E-state index in [1.54, 1.807) is 0 Å². The highest BCUT2D eigenvalue weighted by atomic mass is 16.7. The fourth-order valence-electron chi connectivity index (χ4n) is 9.57. The van der Waals surface area contributed by atoms with Crippen LogP contribution in [0.1, 0.15) is 157 Å². The van der Waals surface area contributed by atoms with Crippen LogP contribution in [0.2, 0.25) is 0 Å². The van der Waals surface area contributed by atoms with E-state index in [-0.39, 0.29) is 79.4 Å². The summed E-state index contributed by atoms with van der Waals surface area (Å²) in [5.41, 5.74) is -0.934. The first-order chi connectivity index (χ1) is 25.3. The molecule has 0 N–H and O–H groups in total. The summed E-state index contributed by atoms with van der Waals surface area (Å²) in [6.45, 7) is 12.4. The second-order valence-electron chi connectivity index (χ2n) is 18.5. The Hall–Kier alpha value is -2.20. The number of carbonyl (C=O) groups excluding carboxylic acids is 4. The molecule has 6 aliphatic carbocycles. The first-order valence-corrected chi connectivity index (χ1v) is 21.3. The number of ether oxygens (including phenoxy) is 6. The highest BCUT2D eigenvalue weighted by Crippen LogP contribution is 2.52. The van der Waals surface area contributed by atoms with E-state index < -0.39 is 10.8 Å². The summed E-state index contributed by atoms with van der Waals surface area (Å²) in [6.07, 6.45) is 19.0. The average molecular weight is 747 g/mol. The fraction of sp³-hybridized carbons (Fsp3) is 0.907. The molecule has 0 radical (unpaired) electrons. The predicted octanol–water partition coefficient (Wildman–Crippen LogP) is 8.71. The van der Waals surface area contributed by atoms with Gasteiger partial charge < -0.3 is 28.4 Å². The van der Waals surface area contributed by atoms with Crippen molar-refractivity contribution in [1.82, 2.24) is 0 Å². The summed E-state index contributed by atoms with van der Waals surface area (Å²) < 4.78 is 33.8. The van der Waals surface area contributed by atoms with Crippen molar-refractivity contribution in [3.63, 3.8) is 0 Å². The molecule has 0 aliphatic heterocycles. The molecule has 0 spiro atoms. The van der Waals surface area contributed by atoms with E-state index in [1.165, 1.54) is 51.4 Å². The van der Waals surface area contributed by atoms with Gasteiger partial charge in [0, 0.05) is 11.8 Å². The van der Waals surface area contributed by atoms with Crippen molar-refractivity contribution in [3.8, 4) is 0 Å². The van der Waals surface area contributed by atoms with Crippen LogP contribution in [-0.2, 0) is 47.6 Å². The van der Waals surface area contributed by atoms with Gasteiger partial charge in [-0.15, -0.1) is 0 Å². The molecule has 6 saturated carbocycles. The van der Waals surface area contributed by atoms with Gasteiger partial charge in [0.25, 0.3) is 0 Å². The maximum absolute atomic E-state index is 12.5. The molecule has 6 aliphatic rings. The molecule has 6 fully saturated rings. The highest BCUT2D eigenvalue weighted by Gasteiger charge is 2.53. The molecule has 6 rings (SSSR count). The van der Waals surface area contributed by atoms with E-state index in [9.17, 15) is 19.2 Å². The third-order valence-corrected chi connectivity index (χ3v) is 13.9. The Labute approximate surface area is 318 Å². The smallest absolute Gasteiger partial charge is 0.311 e. The van der Waals surface area contributed by atoms with E-state index in [0.29, 0.717) is 24.4 Å². The van der Waals surface area contributed by atoms with Crippen molar-refractivity contribution in [3.05, 3.63) is 0 Å². The number of fused-ring (bicyclic) bond motifs is 4. The molecular formula is C43H70O10. The van der Waals surface area contributed by atoms with E-state index in [2.05, 4.69) is 0 Å². The third-order valence-electron chi connectivity index (χ3n) is 13.9. The molecule has 0 aromatic carbocycles. The zero-order valence-electron chi connectivity index (χ0n) is 33.7. The molecule has 8 unspecified atom stereocenters. The lowest BCUT2D eigenvalue weighted by atomic mass is 9.86. The lowest BCUT2D eigenvalue weighted by Crippen LogP contribution is -2.37. The Kier molecular flexibility index (Phi) is 15.1. The summed E-state index contributed by atoms with van der Waals surface area (Å²) in [5.74, 6) is 0.830. The van der Waals surface area contributed by atoms with Gasteiger partial charge in [0.05, 0.1) is 35.4 Å². The molecule has 0 heterocycles. The lowest BCUT2D eigenvalue weighted by molar-refractivity contribution is -0.175. The predicted molar refractivity (Wildman–Crippen MR) is 199 cm³/mol. The Balaban J connectivity index is 0.000000204. The quantitative estimate of drug-likeness (QED) is 0.0696. The topological polar surface area (TPSA) is 124 Å². The average Bonchev–Trinajstić information content (AvgIpc) is 3.96. The maximum Gasteiger partial charge on any atom is 0.311 e. The van der Waals surface area contributed by atoms with Gasteiger partial charge in [-0.2, -0.15) is 0 Å². The Morgan fingerprint density at radius 2 is 1.02 bits per heavy atom. The second kappa shape index (κ2) is 19.1. The Morgan fingerprint density at radius 1 is 0.566 bits per heavy atom. The van der Waals surface area contributed by atoms with Crippen molar-refractivity contribution in [2.24, 2.45) is 52.3 Å². The summed E-state index contributed by atoms with van der Waals surface area (Å²) in [6, 6.07) is 0. The highest BCUT2D eigenvalue weighted by molar-refractivity contribution is 5.77. The van der Waals surface area contributed by atoms with Crippen molar-refractivity contribution < 1.29 is 47.6 Å². The van der Waals surface area contributed by atoms with Crippen LogP contribution in [0, 0.1) is 52.3 Å². The second-order valence-corrected chi connectivity index (χ2v) is 18.5. The number of hydrogen-bond acceptors (Lipinski definition) is 10. The first-order valence-electron chi connectivity index (χ1n) is 21.3. The zero-order chi connectivity index (χ0) is 38.2. The Morgan fingerprint density at radius 3 is 1.47 bits per heavy atom. The molecule has 10 nitrogen and oxygen atoms in total. The van der Waals surface area contributed by atoms with Crippen molar-refractivity contribution >= 4 is 23.9 Å². The van der Waals surface area contributed by atoms with Gasteiger partial charge in [-0.1, -0.05) is 52.4 Å².